The molecule has 1 aliphatic heterocycles. The average molecular weight is 285 g/mol. The van der Waals surface area contributed by atoms with Crippen molar-refractivity contribution in [3.8, 4) is 0 Å². The Morgan fingerprint density at radius 1 is 1.33 bits per heavy atom. The standard InChI is InChI=1S/C17H23N3O/c1-17(18-2)7-9-20(10-8-17)16(21)11-13-12-19-15-6-4-3-5-14(13)15/h3-6,12,18-19H,7-11H2,1-2H3. The molecule has 1 saturated heterocycles. The highest BCUT2D eigenvalue weighted by Crippen LogP contribution is 2.23. The third-order valence-electron chi connectivity index (χ3n) is 4.84. The molecule has 4 nitrogen and oxygen atoms in total. The summed E-state index contributed by atoms with van der Waals surface area (Å²) in [6.07, 6.45) is 4.48. The number of aromatic nitrogens is 1. The molecule has 21 heavy (non-hydrogen) atoms. The van der Waals surface area contributed by atoms with Crippen LogP contribution in [0.2, 0.25) is 0 Å². The number of para-hydroxylation sites is 1. The molecule has 112 valence electrons. The Morgan fingerprint density at radius 2 is 2.05 bits per heavy atom. The predicted molar refractivity (Wildman–Crippen MR) is 85.3 cm³/mol. The van der Waals surface area contributed by atoms with E-state index < -0.39 is 0 Å². The van der Waals surface area contributed by atoms with Crippen LogP contribution in [-0.4, -0.2) is 41.5 Å². The minimum Gasteiger partial charge on any atom is -0.361 e. The van der Waals surface area contributed by atoms with Gasteiger partial charge < -0.3 is 15.2 Å². The molecule has 0 bridgehead atoms. The monoisotopic (exact) mass is 285 g/mol. The van der Waals surface area contributed by atoms with Crippen LogP contribution in [0.3, 0.4) is 0 Å². The summed E-state index contributed by atoms with van der Waals surface area (Å²) in [5.74, 6) is 0.234. The number of nitrogens with one attached hydrogen (secondary N) is 2. The van der Waals surface area contributed by atoms with Gasteiger partial charge in [0.15, 0.2) is 0 Å². The maximum absolute atomic E-state index is 12.5. The molecule has 2 heterocycles. The van der Waals surface area contributed by atoms with Crippen LogP contribution < -0.4 is 5.32 Å². The lowest BCUT2D eigenvalue weighted by Gasteiger charge is -2.39. The molecule has 0 unspecified atom stereocenters. The molecule has 4 heteroatoms. The molecule has 1 aromatic heterocycles. The van der Waals surface area contributed by atoms with E-state index in [1.165, 1.54) is 0 Å². The number of likely N-dealkylation sites (tertiary alicyclic amines) is 1. The third kappa shape index (κ3) is 2.81. The zero-order chi connectivity index (χ0) is 14.9. The molecule has 1 aliphatic rings. The van der Waals surface area contributed by atoms with Crippen molar-refractivity contribution < 1.29 is 4.79 Å². The summed E-state index contributed by atoms with van der Waals surface area (Å²) in [5, 5.41) is 4.52. The molecule has 1 fully saturated rings. The van der Waals surface area contributed by atoms with Crippen molar-refractivity contribution in [1.82, 2.24) is 15.2 Å². The first-order valence-electron chi connectivity index (χ1n) is 7.63. The van der Waals surface area contributed by atoms with Crippen molar-refractivity contribution in [1.29, 1.82) is 0 Å². The fourth-order valence-electron chi connectivity index (χ4n) is 3.05. The maximum atomic E-state index is 12.5. The first-order chi connectivity index (χ1) is 10.1. The number of benzene rings is 1. The van der Waals surface area contributed by atoms with E-state index in [0.717, 1.165) is 42.4 Å². The molecular weight excluding hydrogens is 262 g/mol. The van der Waals surface area contributed by atoms with Crippen LogP contribution in [-0.2, 0) is 11.2 Å². The Kier molecular flexibility index (Phi) is 3.72. The predicted octanol–water partition coefficient (Wildman–Crippen LogP) is 2.31. The van der Waals surface area contributed by atoms with E-state index in [-0.39, 0.29) is 11.4 Å². The number of hydrogen-bond donors (Lipinski definition) is 2. The number of H-pyrrole nitrogens is 1. The van der Waals surface area contributed by atoms with Crippen LogP contribution in [0.25, 0.3) is 10.9 Å². The largest absolute Gasteiger partial charge is 0.361 e. The molecule has 0 atom stereocenters. The van der Waals surface area contributed by atoms with Crippen molar-refractivity contribution in [2.75, 3.05) is 20.1 Å². The topological polar surface area (TPSA) is 48.1 Å². The highest BCUT2D eigenvalue weighted by atomic mass is 16.2. The van der Waals surface area contributed by atoms with Crippen LogP contribution in [0.1, 0.15) is 25.3 Å². The molecule has 1 amide bonds. The Labute approximate surface area is 125 Å². The van der Waals surface area contributed by atoms with E-state index in [1.807, 2.05) is 36.3 Å². The van der Waals surface area contributed by atoms with Crippen LogP contribution >= 0.6 is 0 Å². The summed E-state index contributed by atoms with van der Waals surface area (Å²) in [7, 11) is 2.00. The SMILES string of the molecule is CNC1(C)CCN(C(=O)Cc2c[nH]c3ccccc23)CC1. The molecule has 1 aromatic carbocycles. The van der Waals surface area contributed by atoms with Crippen molar-refractivity contribution in [3.63, 3.8) is 0 Å². The second-order valence-corrected chi connectivity index (χ2v) is 6.23. The normalized spacial score (nSPS) is 18.1. The highest BCUT2D eigenvalue weighted by Gasteiger charge is 2.30. The Bertz CT molecular complexity index is 638. The smallest absolute Gasteiger partial charge is 0.227 e. The molecule has 3 rings (SSSR count). The quantitative estimate of drug-likeness (QED) is 0.909. The summed E-state index contributed by atoms with van der Waals surface area (Å²) < 4.78 is 0. The van der Waals surface area contributed by atoms with E-state index in [4.69, 9.17) is 0 Å². The van der Waals surface area contributed by atoms with E-state index in [0.29, 0.717) is 6.42 Å². The fraction of sp³-hybridized carbons (Fsp3) is 0.471. The van der Waals surface area contributed by atoms with Gasteiger partial charge in [-0.2, -0.15) is 0 Å². The van der Waals surface area contributed by atoms with Crippen molar-refractivity contribution in [2.24, 2.45) is 0 Å². The van der Waals surface area contributed by atoms with Gasteiger partial charge in [-0.15, -0.1) is 0 Å². The Morgan fingerprint density at radius 3 is 2.76 bits per heavy atom. The summed E-state index contributed by atoms with van der Waals surface area (Å²) in [5.41, 5.74) is 2.37. The lowest BCUT2D eigenvalue weighted by Crippen LogP contribution is -2.51. The second kappa shape index (κ2) is 5.53. The summed E-state index contributed by atoms with van der Waals surface area (Å²) in [6.45, 7) is 3.92. The van der Waals surface area contributed by atoms with Gasteiger partial charge in [0.25, 0.3) is 0 Å². The van der Waals surface area contributed by atoms with E-state index in [9.17, 15) is 4.79 Å². The molecule has 0 saturated carbocycles. The number of nitrogens with zero attached hydrogens (tertiary/aromatic N) is 1. The van der Waals surface area contributed by atoms with Crippen LogP contribution in [0, 0.1) is 0 Å². The summed E-state index contributed by atoms with van der Waals surface area (Å²) >= 11 is 0. The number of hydrogen-bond acceptors (Lipinski definition) is 2. The van der Waals surface area contributed by atoms with E-state index in [2.05, 4.69) is 23.3 Å². The number of amides is 1. The average Bonchev–Trinajstić information content (AvgIpc) is 2.91. The van der Waals surface area contributed by atoms with Gasteiger partial charge in [-0.05, 0) is 38.4 Å². The van der Waals surface area contributed by atoms with Crippen LogP contribution in [0.15, 0.2) is 30.5 Å². The number of aromatic amines is 1. The van der Waals surface area contributed by atoms with Crippen molar-refractivity contribution >= 4 is 16.8 Å². The lowest BCUT2D eigenvalue weighted by molar-refractivity contribution is -0.132. The zero-order valence-corrected chi connectivity index (χ0v) is 12.8. The van der Waals surface area contributed by atoms with Gasteiger partial charge in [-0.1, -0.05) is 18.2 Å². The van der Waals surface area contributed by atoms with Crippen LogP contribution in [0.4, 0.5) is 0 Å². The maximum Gasteiger partial charge on any atom is 0.227 e. The molecular formula is C17H23N3O. The van der Waals surface area contributed by atoms with E-state index in [1.54, 1.807) is 0 Å². The second-order valence-electron chi connectivity index (χ2n) is 6.23. The molecule has 0 spiro atoms. The molecule has 0 aliphatic carbocycles. The van der Waals surface area contributed by atoms with Crippen molar-refractivity contribution in [3.05, 3.63) is 36.0 Å². The highest BCUT2D eigenvalue weighted by molar-refractivity contribution is 5.88. The van der Waals surface area contributed by atoms with Gasteiger partial charge in [0, 0.05) is 35.7 Å². The molecule has 2 aromatic rings. The molecule has 0 radical (unpaired) electrons. The fourth-order valence-corrected chi connectivity index (χ4v) is 3.05. The number of carbonyl (C=O) groups excluding carboxylic acids is 1. The minimum absolute atomic E-state index is 0.178. The number of piperidine rings is 1. The number of carbonyl (C=O) groups is 1. The summed E-state index contributed by atoms with van der Waals surface area (Å²) in [4.78, 5) is 17.7. The van der Waals surface area contributed by atoms with Crippen LogP contribution in [0.5, 0.6) is 0 Å². The van der Waals surface area contributed by atoms with Gasteiger partial charge in [0.1, 0.15) is 0 Å². The van der Waals surface area contributed by atoms with Gasteiger partial charge in [-0.3, -0.25) is 4.79 Å². The van der Waals surface area contributed by atoms with Gasteiger partial charge >= 0.3 is 0 Å². The van der Waals surface area contributed by atoms with Gasteiger partial charge in [0.2, 0.25) is 5.91 Å². The number of rotatable bonds is 3. The molecule has 2 N–H and O–H groups in total. The van der Waals surface area contributed by atoms with Crippen molar-refractivity contribution in [2.45, 2.75) is 31.7 Å². The van der Waals surface area contributed by atoms with Gasteiger partial charge in [-0.25, -0.2) is 0 Å². The zero-order valence-electron chi connectivity index (χ0n) is 12.8. The number of fused-ring (bicyclic) bond motifs is 1. The Hall–Kier alpha value is -1.81. The summed E-state index contributed by atoms with van der Waals surface area (Å²) in [6, 6.07) is 8.14. The lowest BCUT2D eigenvalue weighted by atomic mass is 9.89. The Balaban J connectivity index is 1.67. The third-order valence-corrected chi connectivity index (χ3v) is 4.84. The first kappa shape index (κ1) is 14.1. The first-order valence-corrected chi connectivity index (χ1v) is 7.63. The van der Waals surface area contributed by atoms with E-state index >= 15 is 0 Å². The minimum atomic E-state index is 0.178. The van der Waals surface area contributed by atoms with Gasteiger partial charge in [0.05, 0.1) is 6.42 Å².